The highest BCUT2D eigenvalue weighted by molar-refractivity contribution is 5.09. The van der Waals surface area contributed by atoms with Gasteiger partial charge in [0.2, 0.25) is 0 Å². The Morgan fingerprint density at radius 1 is 0.826 bits per heavy atom. The van der Waals surface area contributed by atoms with Crippen molar-refractivity contribution < 1.29 is 5.11 Å². The molecule has 0 aliphatic heterocycles. The van der Waals surface area contributed by atoms with E-state index < -0.39 is 5.60 Å². The Kier molecular flexibility index (Phi) is 3.71. The fourth-order valence-electron chi connectivity index (χ4n) is 7.68. The van der Waals surface area contributed by atoms with Crippen molar-refractivity contribution in [2.45, 2.75) is 96.6 Å². The van der Waals surface area contributed by atoms with E-state index in [2.05, 4.69) is 20.8 Å². The van der Waals surface area contributed by atoms with Gasteiger partial charge in [-0.05, 0) is 99.2 Å². The van der Waals surface area contributed by atoms with Crippen molar-refractivity contribution in [3.8, 4) is 0 Å². The Balaban J connectivity index is 1.65. The normalized spacial score (nSPS) is 59.6. The molecule has 4 aliphatic rings. The highest BCUT2D eigenvalue weighted by atomic mass is 16.3. The van der Waals surface area contributed by atoms with Crippen LogP contribution in [0.25, 0.3) is 0 Å². The van der Waals surface area contributed by atoms with Crippen molar-refractivity contribution >= 4 is 0 Å². The largest absolute Gasteiger partial charge is 0.390 e. The molecule has 3 N–H and O–H groups in total. The number of nitrogens with two attached hydrogens (primary N) is 1. The molecular weight excluding hydrogens is 282 g/mol. The summed E-state index contributed by atoms with van der Waals surface area (Å²) in [6.07, 6.45) is 12.8. The number of hydrogen-bond donors (Lipinski definition) is 2. The molecular formula is C21H37NO. The van der Waals surface area contributed by atoms with E-state index in [4.69, 9.17) is 5.73 Å². The van der Waals surface area contributed by atoms with Crippen molar-refractivity contribution in [2.24, 2.45) is 40.2 Å². The molecule has 8 atom stereocenters. The second-order valence-electron chi connectivity index (χ2n) is 10.4. The van der Waals surface area contributed by atoms with E-state index in [1.54, 1.807) is 0 Å². The number of fused-ring (bicyclic) bond motifs is 5. The first-order valence-corrected chi connectivity index (χ1v) is 10.2. The van der Waals surface area contributed by atoms with Gasteiger partial charge in [0.25, 0.3) is 0 Å². The zero-order valence-corrected chi connectivity index (χ0v) is 15.5. The second kappa shape index (κ2) is 5.21. The van der Waals surface area contributed by atoms with Gasteiger partial charge in [0.1, 0.15) is 0 Å². The van der Waals surface area contributed by atoms with Gasteiger partial charge in [-0.1, -0.05) is 20.3 Å². The van der Waals surface area contributed by atoms with E-state index in [1.807, 2.05) is 0 Å². The Morgan fingerprint density at radius 2 is 1.57 bits per heavy atom. The highest BCUT2D eigenvalue weighted by Crippen LogP contribution is 2.65. The summed E-state index contributed by atoms with van der Waals surface area (Å²) in [5.74, 6) is 3.39. The van der Waals surface area contributed by atoms with Crippen molar-refractivity contribution in [1.82, 2.24) is 0 Å². The number of rotatable bonds is 0. The van der Waals surface area contributed by atoms with Crippen molar-refractivity contribution in [3.63, 3.8) is 0 Å². The standard InChI is InChI=1S/C21H37NO/c1-19(23)11-12-20(2)14(13-19)5-4-6-15-16-7-8-18(22)21(16,3)10-9-17(15)20/h14-18,23H,4-13,22H2,1-3H3/t14?,15-,16?,17?,18+,19-,20+,21+/m1/s1. The molecule has 4 rings (SSSR count). The lowest BCUT2D eigenvalue weighted by molar-refractivity contribution is -0.106. The minimum absolute atomic E-state index is 0.414. The lowest BCUT2D eigenvalue weighted by Crippen LogP contribution is -2.52. The molecule has 0 amide bonds. The maximum atomic E-state index is 10.6. The van der Waals surface area contributed by atoms with Gasteiger partial charge in [-0.15, -0.1) is 0 Å². The average molecular weight is 320 g/mol. The first-order chi connectivity index (χ1) is 10.8. The monoisotopic (exact) mass is 319 g/mol. The lowest BCUT2D eigenvalue weighted by Gasteiger charge is -2.57. The molecule has 4 saturated carbocycles. The summed E-state index contributed by atoms with van der Waals surface area (Å²) in [6.45, 7) is 7.16. The molecule has 2 heteroatoms. The second-order valence-corrected chi connectivity index (χ2v) is 10.4. The van der Waals surface area contributed by atoms with Gasteiger partial charge < -0.3 is 10.8 Å². The summed E-state index contributed by atoms with van der Waals surface area (Å²) in [7, 11) is 0. The number of aliphatic hydroxyl groups is 1. The SMILES string of the molecule is C[C@@]1(O)CC[C@@]2(C)C(CCC[C@H]3C2CC[C@@]2(C)C3CC[C@@H]2N)C1. The highest BCUT2D eigenvalue weighted by Gasteiger charge is 2.59. The molecule has 0 aromatic rings. The van der Waals surface area contributed by atoms with E-state index >= 15 is 0 Å². The molecule has 0 heterocycles. The van der Waals surface area contributed by atoms with E-state index in [-0.39, 0.29) is 0 Å². The topological polar surface area (TPSA) is 46.2 Å². The zero-order chi connectivity index (χ0) is 16.5. The predicted octanol–water partition coefficient (Wildman–Crippen LogP) is 4.50. The predicted molar refractivity (Wildman–Crippen MR) is 94.9 cm³/mol. The molecule has 0 spiro atoms. The molecule has 0 radical (unpaired) electrons. The molecule has 0 aromatic heterocycles. The molecule has 0 aromatic carbocycles. The smallest absolute Gasteiger partial charge is 0.0622 e. The van der Waals surface area contributed by atoms with Gasteiger partial charge >= 0.3 is 0 Å². The quantitative estimate of drug-likeness (QED) is 0.690. The van der Waals surface area contributed by atoms with Crippen molar-refractivity contribution in [1.29, 1.82) is 0 Å². The van der Waals surface area contributed by atoms with Gasteiger partial charge in [0.05, 0.1) is 5.60 Å². The molecule has 132 valence electrons. The van der Waals surface area contributed by atoms with Crippen LogP contribution in [0.3, 0.4) is 0 Å². The Bertz CT molecular complexity index is 474. The maximum absolute atomic E-state index is 10.6. The minimum Gasteiger partial charge on any atom is -0.390 e. The minimum atomic E-state index is -0.414. The molecule has 0 bridgehead atoms. The first-order valence-electron chi connectivity index (χ1n) is 10.2. The van der Waals surface area contributed by atoms with Crippen LogP contribution < -0.4 is 5.73 Å². The third-order valence-corrected chi connectivity index (χ3v) is 9.27. The fraction of sp³-hybridized carbons (Fsp3) is 1.00. The Labute approximate surface area is 142 Å². The Hall–Kier alpha value is -0.0800. The van der Waals surface area contributed by atoms with E-state index in [9.17, 15) is 5.11 Å². The molecule has 2 nitrogen and oxygen atoms in total. The lowest BCUT2D eigenvalue weighted by atomic mass is 9.49. The van der Waals surface area contributed by atoms with Crippen molar-refractivity contribution in [3.05, 3.63) is 0 Å². The summed E-state index contributed by atoms with van der Waals surface area (Å²) in [5.41, 5.74) is 7.02. The van der Waals surface area contributed by atoms with E-state index in [0.717, 1.165) is 36.5 Å². The third kappa shape index (κ3) is 2.34. The summed E-state index contributed by atoms with van der Waals surface area (Å²) in [5, 5.41) is 10.6. The average Bonchev–Trinajstić information content (AvgIpc) is 2.70. The third-order valence-electron chi connectivity index (χ3n) is 9.27. The van der Waals surface area contributed by atoms with E-state index in [0.29, 0.717) is 16.9 Å². The van der Waals surface area contributed by atoms with Crippen LogP contribution in [-0.2, 0) is 0 Å². The van der Waals surface area contributed by atoms with Crippen molar-refractivity contribution in [2.75, 3.05) is 0 Å². The van der Waals surface area contributed by atoms with Gasteiger partial charge in [-0.2, -0.15) is 0 Å². The van der Waals surface area contributed by atoms with Crippen LogP contribution in [0.1, 0.15) is 85.0 Å². The fourth-order valence-corrected chi connectivity index (χ4v) is 7.68. The molecule has 4 aliphatic carbocycles. The van der Waals surface area contributed by atoms with Crippen LogP contribution in [0.4, 0.5) is 0 Å². The molecule has 4 fully saturated rings. The Morgan fingerprint density at radius 3 is 2.35 bits per heavy atom. The molecule has 23 heavy (non-hydrogen) atoms. The van der Waals surface area contributed by atoms with E-state index in [1.165, 1.54) is 51.4 Å². The van der Waals surface area contributed by atoms with Crippen LogP contribution in [0, 0.1) is 34.5 Å². The van der Waals surface area contributed by atoms with Crippen LogP contribution in [0.5, 0.6) is 0 Å². The van der Waals surface area contributed by atoms with Crippen LogP contribution >= 0.6 is 0 Å². The molecule has 3 unspecified atom stereocenters. The van der Waals surface area contributed by atoms with Crippen LogP contribution in [0.15, 0.2) is 0 Å². The van der Waals surface area contributed by atoms with Crippen LogP contribution in [0.2, 0.25) is 0 Å². The number of hydrogen-bond acceptors (Lipinski definition) is 2. The van der Waals surface area contributed by atoms with Gasteiger partial charge in [-0.3, -0.25) is 0 Å². The van der Waals surface area contributed by atoms with Gasteiger partial charge in [0.15, 0.2) is 0 Å². The zero-order valence-electron chi connectivity index (χ0n) is 15.5. The maximum Gasteiger partial charge on any atom is 0.0622 e. The summed E-state index contributed by atoms with van der Waals surface area (Å²) in [6, 6.07) is 0.437. The summed E-state index contributed by atoms with van der Waals surface area (Å²) in [4.78, 5) is 0. The first kappa shape index (κ1) is 16.4. The summed E-state index contributed by atoms with van der Waals surface area (Å²) < 4.78 is 0. The van der Waals surface area contributed by atoms with Gasteiger partial charge in [-0.25, -0.2) is 0 Å². The molecule has 0 saturated heterocycles. The summed E-state index contributed by atoms with van der Waals surface area (Å²) >= 11 is 0. The van der Waals surface area contributed by atoms with Crippen LogP contribution in [-0.4, -0.2) is 16.7 Å². The van der Waals surface area contributed by atoms with Gasteiger partial charge in [0, 0.05) is 6.04 Å².